The molecule has 3 fully saturated rings. The second kappa shape index (κ2) is 12.7. The highest BCUT2D eigenvalue weighted by Gasteiger charge is 2.49. The van der Waals surface area contributed by atoms with Crippen molar-refractivity contribution in [2.75, 3.05) is 37.8 Å². The summed E-state index contributed by atoms with van der Waals surface area (Å²) < 4.78 is 58.5. The van der Waals surface area contributed by atoms with Gasteiger partial charge in [-0.15, -0.1) is 6.42 Å². The van der Waals surface area contributed by atoms with E-state index in [0.29, 0.717) is 42.4 Å². The molecule has 3 aliphatic heterocycles. The number of hydrazine groups is 1. The molecule has 256 valence electrons. The molecule has 0 aliphatic carbocycles. The summed E-state index contributed by atoms with van der Waals surface area (Å²) >= 11 is 0. The Morgan fingerprint density at radius 1 is 1.08 bits per heavy atom. The molecule has 7 rings (SSSR count). The van der Waals surface area contributed by atoms with Crippen LogP contribution in [0.25, 0.3) is 32.9 Å². The number of alkyl halides is 1. The van der Waals surface area contributed by atoms with Gasteiger partial charge in [0, 0.05) is 43.2 Å². The number of nitrogens with zero attached hydrogens (tertiary/aromatic N) is 6. The highest BCUT2D eigenvalue weighted by molar-refractivity contribution is 6.02. The molecule has 0 N–H and O–H groups in total. The van der Waals surface area contributed by atoms with Crippen molar-refractivity contribution in [1.82, 2.24) is 24.9 Å². The molecule has 0 saturated carbocycles. The van der Waals surface area contributed by atoms with E-state index in [-0.39, 0.29) is 40.6 Å². The predicted molar refractivity (Wildman–Crippen MR) is 181 cm³/mol. The van der Waals surface area contributed by atoms with Crippen LogP contribution in [0.1, 0.15) is 64.9 Å². The molecular weight excluding hydrogens is 633 g/mol. The van der Waals surface area contributed by atoms with Crippen molar-refractivity contribution in [3.63, 3.8) is 0 Å². The van der Waals surface area contributed by atoms with Crippen LogP contribution in [-0.2, 0) is 4.74 Å². The van der Waals surface area contributed by atoms with Crippen LogP contribution in [0.5, 0.6) is 6.01 Å². The van der Waals surface area contributed by atoms with E-state index >= 15 is 4.39 Å². The van der Waals surface area contributed by atoms with Crippen LogP contribution in [0, 0.1) is 24.0 Å². The number of fused-ring (bicyclic) bond motifs is 3. The summed E-state index contributed by atoms with van der Waals surface area (Å²) in [6.07, 6.45) is 10.0. The Bertz CT molecular complexity index is 1980. The molecule has 0 spiro atoms. The lowest BCUT2D eigenvalue weighted by molar-refractivity contribution is 0.0232. The maximum absolute atomic E-state index is 17.0. The lowest BCUT2D eigenvalue weighted by Gasteiger charge is -2.36. The minimum absolute atomic E-state index is 0.00229. The molecule has 2 aromatic heterocycles. The monoisotopic (exact) mass is 672 g/mol. The van der Waals surface area contributed by atoms with Gasteiger partial charge in [0.2, 0.25) is 0 Å². The quantitative estimate of drug-likeness (QED) is 0.206. The highest BCUT2D eigenvalue weighted by atomic mass is 19.1. The lowest BCUT2D eigenvalue weighted by atomic mass is 9.95. The second-order valence-corrected chi connectivity index (χ2v) is 14.1. The smallest absolute Gasteiger partial charge is 0.429 e. The minimum Gasteiger partial charge on any atom is -0.461 e. The maximum Gasteiger partial charge on any atom is 0.429 e. The fourth-order valence-electron chi connectivity index (χ4n) is 7.48. The molecule has 12 heteroatoms. The van der Waals surface area contributed by atoms with Crippen LogP contribution in [0.15, 0.2) is 36.5 Å². The summed E-state index contributed by atoms with van der Waals surface area (Å²) in [4.78, 5) is 29.5. The molecule has 0 unspecified atom stereocenters. The van der Waals surface area contributed by atoms with Gasteiger partial charge in [0.15, 0.2) is 11.6 Å². The zero-order valence-electron chi connectivity index (χ0n) is 27.9. The van der Waals surface area contributed by atoms with Gasteiger partial charge < -0.3 is 9.47 Å². The van der Waals surface area contributed by atoms with E-state index in [0.717, 1.165) is 38.6 Å². The van der Waals surface area contributed by atoms with Crippen molar-refractivity contribution >= 4 is 33.6 Å². The first-order chi connectivity index (χ1) is 23.5. The Balaban J connectivity index is 1.39. The second-order valence-electron chi connectivity index (χ2n) is 14.1. The fourth-order valence-corrected chi connectivity index (χ4v) is 7.48. The van der Waals surface area contributed by atoms with E-state index in [1.807, 2.05) is 0 Å². The molecule has 0 radical (unpaired) electrons. The molecule has 9 nitrogen and oxygen atoms in total. The molecule has 4 aromatic rings. The third-order valence-corrected chi connectivity index (χ3v) is 9.65. The number of amides is 1. The number of carbonyl (C=O) groups excluding carboxylic acids is 1. The molecule has 0 bridgehead atoms. The van der Waals surface area contributed by atoms with Crippen LogP contribution in [0.4, 0.5) is 23.8 Å². The number of carbonyl (C=O) groups is 1. The number of pyridine rings is 1. The number of rotatable bonds is 5. The van der Waals surface area contributed by atoms with Crippen LogP contribution in [0.2, 0.25) is 0 Å². The largest absolute Gasteiger partial charge is 0.461 e. The summed E-state index contributed by atoms with van der Waals surface area (Å²) in [6.45, 7) is 7.38. The molecule has 3 aliphatic rings. The Kier molecular flexibility index (Phi) is 8.51. The number of benzene rings is 2. The summed E-state index contributed by atoms with van der Waals surface area (Å²) in [5.41, 5.74) is -1.11. The van der Waals surface area contributed by atoms with E-state index in [4.69, 9.17) is 20.9 Å². The molecule has 2 atom stereocenters. The minimum atomic E-state index is -0.957. The summed E-state index contributed by atoms with van der Waals surface area (Å²) in [7, 11) is 0. The zero-order chi connectivity index (χ0) is 34.5. The molecule has 49 heavy (non-hydrogen) atoms. The predicted octanol–water partition coefficient (Wildman–Crippen LogP) is 7.20. The number of aromatic nitrogens is 3. The number of hydrogen-bond acceptors (Lipinski definition) is 8. The molecule has 5 heterocycles. The van der Waals surface area contributed by atoms with Crippen molar-refractivity contribution in [3.8, 4) is 29.6 Å². The normalized spacial score (nSPS) is 21.5. The van der Waals surface area contributed by atoms with Gasteiger partial charge in [-0.05, 0) is 70.9 Å². The first kappa shape index (κ1) is 32.9. The van der Waals surface area contributed by atoms with Gasteiger partial charge in [-0.1, -0.05) is 30.2 Å². The Morgan fingerprint density at radius 2 is 1.90 bits per heavy atom. The zero-order valence-corrected chi connectivity index (χ0v) is 27.9. The van der Waals surface area contributed by atoms with Crippen molar-refractivity contribution in [1.29, 1.82) is 0 Å². The van der Waals surface area contributed by atoms with Gasteiger partial charge >= 0.3 is 12.1 Å². The van der Waals surface area contributed by atoms with Crippen molar-refractivity contribution in [2.45, 2.75) is 76.6 Å². The average molecular weight is 673 g/mol. The highest BCUT2D eigenvalue weighted by Crippen LogP contribution is 2.41. The van der Waals surface area contributed by atoms with E-state index in [9.17, 15) is 13.6 Å². The van der Waals surface area contributed by atoms with E-state index in [2.05, 4.69) is 20.8 Å². The van der Waals surface area contributed by atoms with Crippen molar-refractivity contribution in [2.24, 2.45) is 0 Å². The van der Waals surface area contributed by atoms with Crippen molar-refractivity contribution in [3.05, 3.63) is 53.7 Å². The van der Waals surface area contributed by atoms with E-state index in [1.54, 1.807) is 50.0 Å². The Morgan fingerprint density at radius 3 is 2.69 bits per heavy atom. The Hall–Kier alpha value is -4.63. The summed E-state index contributed by atoms with van der Waals surface area (Å²) in [6, 6.07) is 7.90. The third-order valence-electron chi connectivity index (χ3n) is 9.65. The maximum atomic E-state index is 17.0. The van der Waals surface area contributed by atoms with Crippen molar-refractivity contribution < 1.29 is 27.4 Å². The molecule has 3 saturated heterocycles. The fraction of sp³-hybridized carbons (Fsp3) is 0.459. The number of halogens is 3. The van der Waals surface area contributed by atoms with Crippen LogP contribution in [0.3, 0.4) is 0 Å². The van der Waals surface area contributed by atoms with Crippen LogP contribution in [-0.4, -0.2) is 81.1 Å². The van der Waals surface area contributed by atoms with Gasteiger partial charge in [0.1, 0.15) is 35.4 Å². The van der Waals surface area contributed by atoms with Gasteiger partial charge in [-0.2, -0.15) is 9.97 Å². The summed E-state index contributed by atoms with van der Waals surface area (Å²) in [5, 5.41) is 4.41. The molecule has 1 amide bonds. The van der Waals surface area contributed by atoms with Gasteiger partial charge in [-0.25, -0.2) is 23.0 Å². The Labute approximate surface area is 283 Å². The van der Waals surface area contributed by atoms with Crippen LogP contribution >= 0.6 is 0 Å². The van der Waals surface area contributed by atoms with E-state index in [1.165, 1.54) is 17.3 Å². The van der Waals surface area contributed by atoms with Gasteiger partial charge in [0.25, 0.3) is 0 Å². The number of ether oxygens (including phenoxy) is 2. The summed E-state index contributed by atoms with van der Waals surface area (Å²) in [5.74, 6) is 1.26. The molecule has 2 aromatic carbocycles. The topological polar surface area (TPSA) is 83.9 Å². The standard InChI is InChI=1S/C37H39F3N6O3/c1-5-25-28(39)14-13-23-11-9-12-26(29(23)25)31-30(40)32-27(20-41-31)33(45-17-7-6-8-18-46(45)35(47)49-36(2,3)4)43-34(42-32)48-22-37-15-10-16-44(37)21-24(38)19-37/h1,9,11-14,20,24H,6-8,10,15-19,21-22H2,2-4H3/t24-,37+/m1/s1. The average Bonchev–Trinajstić information content (AvgIpc) is 3.46. The van der Waals surface area contributed by atoms with E-state index < -0.39 is 35.0 Å². The number of terminal acetylenes is 1. The first-order valence-electron chi connectivity index (χ1n) is 16.8. The van der Waals surface area contributed by atoms with Crippen LogP contribution < -0.4 is 9.75 Å². The van der Waals surface area contributed by atoms with Gasteiger partial charge in [-0.3, -0.25) is 14.9 Å². The third kappa shape index (κ3) is 6.09. The molecular formula is C37H39F3N6O3. The number of anilines is 1. The lowest BCUT2D eigenvalue weighted by Crippen LogP contribution is -2.49. The number of hydrogen-bond donors (Lipinski definition) is 0. The SMILES string of the molecule is C#Cc1c(F)ccc2cccc(-c3ncc4c(N5CCCCCN5C(=O)OC(C)(C)C)nc(OC[C@@]56CCCN5C[C@H](F)C6)nc4c3F)c12. The van der Waals surface area contributed by atoms with Gasteiger partial charge in [0.05, 0.1) is 16.5 Å². The first-order valence-corrected chi connectivity index (χ1v) is 16.8.